The van der Waals surface area contributed by atoms with Gasteiger partial charge in [-0.3, -0.25) is 4.79 Å². The number of rotatable bonds is 5. The number of pyridine rings is 1. The molecule has 118 valence electrons. The second kappa shape index (κ2) is 6.05. The number of benzene rings is 2. The lowest BCUT2D eigenvalue weighted by atomic mass is 10.1. The van der Waals surface area contributed by atoms with E-state index in [1.807, 2.05) is 42.5 Å². The molecule has 4 nitrogen and oxygen atoms in total. The molecule has 0 spiro atoms. The monoisotopic (exact) mass is 308 g/mol. The van der Waals surface area contributed by atoms with E-state index in [-0.39, 0.29) is 5.43 Å². The Labute approximate surface area is 134 Å². The Morgan fingerprint density at radius 3 is 2.70 bits per heavy atom. The summed E-state index contributed by atoms with van der Waals surface area (Å²) in [6.45, 7) is 4.13. The number of H-pyrrole nitrogens is 1. The number of fused-ring (bicyclic) bond motifs is 2. The van der Waals surface area contributed by atoms with E-state index in [0.717, 1.165) is 24.0 Å². The smallest absolute Gasteiger partial charge is 0.200 e. The molecule has 4 rings (SSSR count). The van der Waals surface area contributed by atoms with Crippen LogP contribution < -0.4 is 10.2 Å². The fourth-order valence-electron chi connectivity index (χ4n) is 3.14. The number of hydrogen-bond donors (Lipinski definition) is 1. The average molecular weight is 308 g/mol. The maximum Gasteiger partial charge on any atom is 0.200 e. The van der Waals surface area contributed by atoms with Crippen LogP contribution in [0.25, 0.3) is 21.8 Å². The van der Waals surface area contributed by atoms with Gasteiger partial charge < -0.3 is 14.6 Å². The molecule has 1 fully saturated rings. The highest BCUT2D eigenvalue weighted by Gasteiger charge is 2.13. The predicted molar refractivity (Wildman–Crippen MR) is 93.2 cm³/mol. The Morgan fingerprint density at radius 2 is 1.87 bits per heavy atom. The normalized spacial score (nSPS) is 15.0. The van der Waals surface area contributed by atoms with Crippen LogP contribution in [0.4, 0.5) is 0 Å². The van der Waals surface area contributed by atoms with Crippen LogP contribution in [-0.2, 0) is 0 Å². The number of nitrogens with one attached hydrogen (secondary N) is 1. The van der Waals surface area contributed by atoms with E-state index in [2.05, 4.69) is 9.88 Å². The summed E-state index contributed by atoms with van der Waals surface area (Å²) in [4.78, 5) is 18.5. The van der Waals surface area contributed by atoms with Gasteiger partial charge >= 0.3 is 0 Å². The van der Waals surface area contributed by atoms with Crippen molar-refractivity contribution in [1.29, 1.82) is 0 Å². The third-order valence-electron chi connectivity index (χ3n) is 4.52. The number of nitrogens with zero attached hydrogens (tertiary/aromatic N) is 1. The van der Waals surface area contributed by atoms with E-state index in [9.17, 15) is 4.79 Å². The molecule has 0 atom stereocenters. The summed E-state index contributed by atoms with van der Waals surface area (Å²) < 4.78 is 5.92. The zero-order valence-corrected chi connectivity index (χ0v) is 13.0. The highest BCUT2D eigenvalue weighted by Crippen LogP contribution is 2.24. The standard InChI is InChI=1S/C19H20N2O2/c22-19-14-6-1-2-7-15(14)20-16-8-3-9-17(18(16)19)23-13-5-12-21-10-4-11-21/h1-3,6-9H,4-5,10-13H2,(H,20,22). The summed E-state index contributed by atoms with van der Waals surface area (Å²) in [6, 6.07) is 13.3. The van der Waals surface area contributed by atoms with E-state index in [1.165, 1.54) is 19.5 Å². The van der Waals surface area contributed by atoms with Crippen LogP contribution in [0.15, 0.2) is 47.3 Å². The van der Waals surface area contributed by atoms with Gasteiger partial charge in [0.15, 0.2) is 0 Å². The van der Waals surface area contributed by atoms with Crippen molar-refractivity contribution in [3.8, 4) is 5.75 Å². The molecule has 0 saturated carbocycles. The Balaban J connectivity index is 1.63. The number of para-hydroxylation sites is 1. The Bertz CT molecular complexity index is 897. The van der Waals surface area contributed by atoms with Crippen molar-refractivity contribution < 1.29 is 4.74 Å². The van der Waals surface area contributed by atoms with Crippen molar-refractivity contribution in [2.75, 3.05) is 26.2 Å². The van der Waals surface area contributed by atoms with Gasteiger partial charge in [0.25, 0.3) is 0 Å². The second-order valence-electron chi connectivity index (χ2n) is 6.08. The average Bonchev–Trinajstić information content (AvgIpc) is 2.53. The maximum atomic E-state index is 12.8. The molecule has 3 aromatic rings. The van der Waals surface area contributed by atoms with Gasteiger partial charge in [-0.1, -0.05) is 18.2 Å². The fraction of sp³-hybridized carbons (Fsp3) is 0.316. The van der Waals surface area contributed by atoms with Gasteiger partial charge in [0.2, 0.25) is 5.43 Å². The molecular formula is C19H20N2O2. The van der Waals surface area contributed by atoms with Crippen LogP contribution in [0, 0.1) is 0 Å². The van der Waals surface area contributed by atoms with Gasteiger partial charge in [0, 0.05) is 17.4 Å². The summed E-state index contributed by atoms with van der Waals surface area (Å²) in [7, 11) is 0. The molecule has 0 radical (unpaired) electrons. The first-order chi connectivity index (χ1) is 11.3. The Hall–Kier alpha value is -2.33. The summed E-state index contributed by atoms with van der Waals surface area (Å²) in [5, 5.41) is 1.35. The zero-order valence-electron chi connectivity index (χ0n) is 13.0. The predicted octanol–water partition coefficient (Wildman–Crippen LogP) is 3.16. The van der Waals surface area contributed by atoms with Crippen LogP contribution in [0.1, 0.15) is 12.8 Å². The molecule has 1 aromatic heterocycles. The molecule has 23 heavy (non-hydrogen) atoms. The van der Waals surface area contributed by atoms with Crippen LogP contribution in [0.5, 0.6) is 5.75 Å². The highest BCUT2D eigenvalue weighted by molar-refractivity contribution is 5.95. The lowest BCUT2D eigenvalue weighted by Crippen LogP contribution is -2.38. The third kappa shape index (κ3) is 2.70. The molecule has 4 heteroatoms. The van der Waals surface area contributed by atoms with Crippen molar-refractivity contribution >= 4 is 21.8 Å². The van der Waals surface area contributed by atoms with Crippen LogP contribution in [0.3, 0.4) is 0 Å². The van der Waals surface area contributed by atoms with Gasteiger partial charge in [0.1, 0.15) is 5.75 Å². The van der Waals surface area contributed by atoms with Gasteiger partial charge in [-0.2, -0.15) is 0 Å². The minimum Gasteiger partial charge on any atom is -0.493 e. The SMILES string of the molecule is O=c1c2ccccc2[nH]c2cccc(OCCCN3CCC3)c12. The zero-order chi connectivity index (χ0) is 15.6. The number of aromatic nitrogens is 1. The Morgan fingerprint density at radius 1 is 1.04 bits per heavy atom. The fourth-order valence-corrected chi connectivity index (χ4v) is 3.14. The first-order valence-corrected chi connectivity index (χ1v) is 8.22. The van der Waals surface area contributed by atoms with Crippen molar-refractivity contribution in [1.82, 2.24) is 9.88 Å². The summed E-state index contributed by atoms with van der Waals surface area (Å²) >= 11 is 0. The number of ether oxygens (including phenoxy) is 1. The van der Waals surface area contributed by atoms with Gasteiger partial charge in [-0.15, -0.1) is 0 Å². The molecule has 0 amide bonds. The molecule has 0 aliphatic carbocycles. The van der Waals surface area contributed by atoms with E-state index >= 15 is 0 Å². The molecule has 2 heterocycles. The van der Waals surface area contributed by atoms with Crippen LogP contribution >= 0.6 is 0 Å². The largest absolute Gasteiger partial charge is 0.493 e. The lowest BCUT2D eigenvalue weighted by Gasteiger charge is -2.30. The summed E-state index contributed by atoms with van der Waals surface area (Å²) in [5.74, 6) is 0.679. The highest BCUT2D eigenvalue weighted by atomic mass is 16.5. The first kappa shape index (κ1) is 14.3. The molecule has 0 unspecified atom stereocenters. The number of likely N-dealkylation sites (tertiary alicyclic amines) is 1. The van der Waals surface area contributed by atoms with Gasteiger partial charge in [-0.25, -0.2) is 0 Å². The molecule has 1 saturated heterocycles. The summed E-state index contributed by atoms with van der Waals surface area (Å²) in [6.07, 6.45) is 2.30. The van der Waals surface area contributed by atoms with Crippen LogP contribution in [-0.4, -0.2) is 36.1 Å². The van der Waals surface area contributed by atoms with Crippen molar-refractivity contribution in [3.05, 3.63) is 52.7 Å². The maximum absolute atomic E-state index is 12.8. The topological polar surface area (TPSA) is 45.3 Å². The first-order valence-electron chi connectivity index (χ1n) is 8.22. The van der Waals surface area contributed by atoms with E-state index in [1.54, 1.807) is 0 Å². The Kier molecular flexibility index (Phi) is 3.75. The number of hydrogen-bond acceptors (Lipinski definition) is 3. The van der Waals surface area contributed by atoms with Gasteiger partial charge in [-0.05, 0) is 50.2 Å². The second-order valence-corrected chi connectivity index (χ2v) is 6.08. The molecule has 1 N–H and O–H groups in total. The molecule has 0 bridgehead atoms. The lowest BCUT2D eigenvalue weighted by molar-refractivity contribution is 0.165. The molecule has 1 aliphatic rings. The van der Waals surface area contributed by atoms with E-state index in [0.29, 0.717) is 23.1 Å². The van der Waals surface area contributed by atoms with Crippen LogP contribution in [0.2, 0.25) is 0 Å². The minimum absolute atomic E-state index is 0.0349. The molecule has 2 aromatic carbocycles. The van der Waals surface area contributed by atoms with E-state index in [4.69, 9.17) is 4.74 Å². The minimum atomic E-state index is 0.0349. The molecule has 1 aliphatic heterocycles. The van der Waals surface area contributed by atoms with Crippen molar-refractivity contribution in [3.63, 3.8) is 0 Å². The van der Waals surface area contributed by atoms with E-state index < -0.39 is 0 Å². The van der Waals surface area contributed by atoms with Crippen molar-refractivity contribution in [2.24, 2.45) is 0 Å². The third-order valence-corrected chi connectivity index (χ3v) is 4.52. The van der Waals surface area contributed by atoms with Gasteiger partial charge in [0.05, 0.1) is 17.5 Å². The number of aromatic amines is 1. The summed E-state index contributed by atoms with van der Waals surface area (Å²) in [5.41, 5.74) is 1.72. The van der Waals surface area contributed by atoms with Crippen molar-refractivity contribution in [2.45, 2.75) is 12.8 Å². The molecular weight excluding hydrogens is 288 g/mol. The quantitative estimate of drug-likeness (QED) is 0.582.